The monoisotopic (exact) mass is 351 g/mol. The highest BCUT2D eigenvalue weighted by molar-refractivity contribution is 5.73. The van der Waals surface area contributed by atoms with Crippen molar-refractivity contribution >= 4 is 23.2 Å². The average molecular weight is 351 g/mol. The van der Waals surface area contributed by atoms with Crippen LogP contribution in [0.1, 0.15) is 18.1 Å². The SMILES string of the molecule is C#C/C=C\C(F)=C(/C)c1ccc(Nc2n[nH]c(N)n2)cc1C(F)(F)F. The van der Waals surface area contributed by atoms with Gasteiger partial charge in [0.2, 0.25) is 11.9 Å². The van der Waals surface area contributed by atoms with E-state index < -0.39 is 17.6 Å². The van der Waals surface area contributed by atoms with Crippen LogP contribution in [0, 0.1) is 12.3 Å². The van der Waals surface area contributed by atoms with Gasteiger partial charge >= 0.3 is 6.18 Å². The smallest absolute Gasteiger partial charge is 0.368 e. The second-order valence-corrected chi connectivity index (χ2v) is 4.90. The summed E-state index contributed by atoms with van der Waals surface area (Å²) in [5, 5.41) is 8.60. The van der Waals surface area contributed by atoms with Gasteiger partial charge < -0.3 is 11.1 Å². The Labute approximate surface area is 140 Å². The molecule has 1 aromatic heterocycles. The van der Waals surface area contributed by atoms with E-state index in [1.807, 2.05) is 0 Å². The first-order valence-corrected chi connectivity index (χ1v) is 6.88. The molecule has 2 rings (SSSR count). The maximum Gasteiger partial charge on any atom is 0.417 e. The van der Waals surface area contributed by atoms with E-state index in [2.05, 4.69) is 26.4 Å². The maximum atomic E-state index is 14.0. The number of hydrogen-bond donors (Lipinski definition) is 3. The van der Waals surface area contributed by atoms with Gasteiger partial charge in [0.25, 0.3) is 0 Å². The Hall–Kier alpha value is -3.28. The minimum atomic E-state index is -4.69. The number of nitrogens with zero attached hydrogens (tertiary/aromatic N) is 2. The number of halogens is 4. The minimum Gasteiger partial charge on any atom is -0.368 e. The van der Waals surface area contributed by atoms with Gasteiger partial charge in [-0.3, -0.25) is 0 Å². The predicted octanol–water partition coefficient (Wildman–Crippen LogP) is 4.04. The van der Waals surface area contributed by atoms with Crippen LogP contribution in [0.2, 0.25) is 0 Å². The molecular weight excluding hydrogens is 338 g/mol. The lowest BCUT2D eigenvalue weighted by Crippen LogP contribution is -2.09. The van der Waals surface area contributed by atoms with E-state index >= 15 is 0 Å². The Morgan fingerprint density at radius 1 is 1.40 bits per heavy atom. The number of allylic oxidation sites excluding steroid dienone is 4. The number of aromatic amines is 1. The molecule has 0 saturated carbocycles. The summed E-state index contributed by atoms with van der Waals surface area (Å²) < 4.78 is 54.1. The molecule has 0 atom stereocenters. The van der Waals surface area contributed by atoms with Crippen molar-refractivity contribution in [2.45, 2.75) is 13.1 Å². The van der Waals surface area contributed by atoms with Gasteiger partial charge in [-0.15, -0.1) is 11.5 Å². The van der Waals surface area contributed by atoms with E-state index in [1.165, 1.54) is 13.0 Å². The van der Waals surface area contributed by atoms with E-state index in [0.717, 1.165) is 24.3 Å². The van der Waals surface area contributed by atoms with Crippen LogP contribution in [0.3, 0.4) is 0 Å². The quantitative estimate of drug-likeness (QED) is 0.441. The third-order valence-electron chi connectivity index (χ3n) is 3.17. The van der Waals surface area contributed by atoms with Crippen molar-refractivity contribution in [2.24, 2.45) is 0 Å². The van der Waals surface area contributed by atoms with Crippen molar-refractivity contribution in [3.63, 3.8) is 0 Å². The Kier molecular flexibility index (Phi) is 5.12. The molecule has 0 radical (unpaired) electrons. The van der Waals surface area contributed by atoms with Crippen LogP contribution in [-0.2, 0) is 6.18 Å². The van der Waals surface area contributed by atoms with Crippen LogP contribution in [0.5, 0.6) is 0 Å². The molecule has 0 spiro atoms. The number of terminal acetylenes is 1. The molecule has 1 aromatic carbocycles. The number of aromatic nitrogens is 3. The van der Waals surface area contributed by atoms with Crippen LogP contribution in [-0.4, -0.2) is 15.2 Å². The summed E-state index contributed by atoms with van der Waals surface area (Å²) in [4.78, 5) is 3.74. The van der Waals surface area contributed by atoms with Crippen LogP contribution in [0.25, 0.3) is 5.57 Å². The summed E-state index contributed by atoms with van der Waals surface area (Å²) >= 11 is 0. The number of nitrogens with two attached hydrogens (primary N) is 1. The van der Waals surface area contributed by atoms with E-state index in [-0.39, 0.29) is 28.7 Å². The van der Waals surface area contributed by atoms with E-state index in [1.54, 1.807) is 0 Å². The molecular formula is C16H13F4N5. The molecule has 0 amide bonds. The first kappa shape index (κ1) is 18.1. The maximum absolute atomic E-state index is 14.0. The highest BCUT2D eigenvalue weighted by atomic mass is 19.4. The first-order valence-electron chi connectivity index (χ1n) is 6.88. The zero-order chi connectivity index (χ0) is 18.6. The normalized spacial score (nSPS) is 12.8. The number of nitrogen functional groups attached to an aromatic ring is 1. The minimum absolute atomic E-state index is 0.00812. The Morgan fingerprint density at radius 3 is 2.68 bits per heavy atom. The molecule has 0 aliphatic rings. The van der Waals surface area contributed by atoms with Crippen molar-refractivity contribution in [2.75, 3.05) is 11.1 Å². The zero-order valence-corrected chi connectivity index (χ0v) is 12.9. The van der Waals surface area contributed by atoms with Crippen LogP contribution in [0.15, 0.2) is 36.2 Å². The summed E-state index contributed by atoms with van der Waals surface area (Å²) in [5.74, 6) is 1.24. The summed E-state index contributed by atoms with van der Waals surface area (Å²) in [6.45, 7) is 1.24. The second kappa shape index (κ2) is 7.09. The largest absolute Gasteiger partial charge is 0.417 e. The average Bonchev–Trinajstić information content (AvgIpc) is 2.96. The van der Waals surface area contributed by atoms with Gasteiger partial charge in [0.15, 0.2) is 0 Å². The lowest BCUT2D eigenvalue weighted by molar-refractivity contribution is -0.137. The zero-order valence-electron chi connectivity index (χ0n) is 12.9. The second-order valence-electron chi connectivity index (χ2n) is 4.90. The van der Waals surface area contributed by atoms with E-state index in [0.29, 0.717) is 0 Å². The Bertz CT molecular complexity index is 871. The first-order chi connectivity index (χ1) is 11.7. The predicted molar refractivity (Wildman–Crippen MR) is 87.2 cm³/mol. The van der Waals surface area contributed by atoms with Crippen LogP contribution < -0.4 is 11.1 Å². The van der Waals surface area contributed by atoms with Gasteiger partial charge in [-0.1, -0.05) is 12.0 Å². The number of nitrogens with one attached hydrogen (secondary N) is 2. The molecule has 1 heterocycles. The number of hydrogen-bond acceptors (Lipinski definition) is 4. The lowest BCUT2D eigenvalue weighted by atomic mass is 9.98. The molecule has 0 unspecified atom stereocenters. The number of rotatable bonds is 4. The van der Waals surface area contributed by atoms with Gasteiger partial charge in [-0.25, -0.2) is 9.49 Å². The summed E-state index contributed by atoms with van der Waals surface area (Å²) in [7, 11) is 0. The molecule has 0 bridgehead atoms. The topological polar surface area (TPSA) is 79.6 Å². The van der Waals surface area contributed by atoms with Gasteiger partial charge in [0.05, 0.1) is 5.56 Å². The summed E-state index contributed by atoms with van der Waals surface area (Å²) in [6.07, 6.45) is 2.27. The number of benzene rings is 1. The summed E-state index contributed by atoms with van der Waals surface area (Å²) in [5.41, 5.74) is 3.92. The number of anilines is 3. The van der Waals surface area contributed by atoms with Crippen molar-refractivity contribution < 1.29 is 17.6 Å². The molecule has 2 aromatic rings. The molecule has 0 aliphatic carbocycles. The van der Waals surface area contributed by atoms with E-state index in [4.69, 9.17) is 12.2 Å². The molecule has 5 nitrogen and oxygen atoms in total. The third-order valence-corrected chi connectivity index (χ3v) is 3.17. The Balaban J connectivity index is 2.48. The molecule has 25 heavy (non-hydrogen) atoms. The highest BCUT2D eigenvalue weighted by Crippen LogP contribution is 2.38. The Morgan fingerprint density at radius 2 is 2.12 bits per heavy atom. The van der Waals surface area contributed by atoms with Crippen molar-refractivity contribution in [3.8, 4) is 12.3 Å². The number of alkyl halides is 3. The molecule has 0 fully saturated rings. The standard InChI is InChI=1S/C16H13F4N5/c1-3-4-5-13(17)9(2)11-7-6-10(8-12(11)16(18,19)20)22-15-23-14(21)24-25-15/h1,4-8H,2H3,(H4,21,22,23,24,25)/b5-4-,13-9-. The number of H-pyrrole nitrogens is 1. The molecule has 0 aliphatic heterocycles. The van der Waals surface area contributed by atoms with Crippen molar-refractivity contribution in [1.82, 2.24) is 15.2 Å². The highest BCUT2D eigenvalue weighted by Gasteiger charge is 2.34. The fourth-order valence-electron chi connectivity index (χ4n) is 2.02. The van der Waals surface area contributed by atoms with Crippen LogP contribution >= 0.6 is 0 Å². The lowest BCUT2D eigenvalue weighted by Gasteiger charge is -2.15. The van der Waals surface area contributed by atoms with Gasteiger partial charge in [-0.2, -0.15) is 18.2 Å². The van der Waals surface area contributed by atoms with Crippen molar-refractivity contribution in [3.05, 3.63) is 47.3 Å². The van der Waals surface area contributed by atoms with Crippen molar-refractivity contribution in [1.29, 1.82) is 0 Å². The molecule has 4 N–H and O–H groups in total. The van der Waals surface area contributed by atoms with E-state index in [9.17, 15) is 17.6 Å². The van der Waals surface area contributed by atoms with Gasteiger partial charge in [0, 0.05) is 5.69 Å². The fourth-order valence-corrected chi connectivity index (χ4v) is 2.02. The summed E-state index contributed by atoms with van der Waals surface area (Å²) in [6, 6.07) is 3.34. The third kappa shape index (κ3) is 4.38. The van der Waals surface area contributed by atoms with Crippen LogP contribution in [0.4, 0.5) is 35.1 Å². The molecule has 130 valence electrons. The molecule has 0 saturated heterocycles. The van der Waals surface area contributed by atoms with Gasteiger partial charge in [-0.05, 0) is 42.3 Å². The fraction of sp³-hybridized carbons (Fsp3) is 0.125. The molecule has 9 heteroatoms. The van der Waals surface area contributed by atoms with Gasteiger partial charge in [0.1, 0.15) is 5.83 Å².